The number of hydrogen-bond donors (Lipinski definition) is 0. The predicted octanol–water partition coefficient (Wildman–Crippen LogP) is 3.74. The first-order valence-corrected chi connectivity index (χ1v) is 5.46. The summed E-state index contributed by atoms with van der Waals surface area (Å²) in [6.07, 6.45) is 4.74. The predicted molar refractivity (Wildman–Crippen MR) is 63.0 cm³/mol. The lowest BCUT2D eigenvalue weighted by molar-refractivity contribution is 0.880. The quantitative estimate of drug-likeness (QED) is 0.783. The van der Waals surface area contributed by atoms with E-state index in [0.29, 0.717) is 10.0 Å². The first-order valence-electron chi connectivity index (χ1n) is 4.70. The Labute approximate surface area is 98.4 Å². The molecular formula is C11H10Cl2N2. The molecule has 0 fully saturated rings. The van der Waals surface area contributed by atoms with Gasteiger partial charge in [-0.3, -0.25) is 0 Å². The Morgan fingerprint density at radius 2 is 2.13 bits per heavy atom. The lowest BCUT2D eigenvalue weighted by Crippen LogP contribution is -1.95. The molecule has 0 unspecified atom stereocenters. The van der Waals surface area contributed by atoms with E-state index in [1.165, 1.54) is 5.56 Å². The highest BCUT2D eigenvalue weighted by Gasteiger charge is 2.07. The van der Waals surface area contributed by atoms with Crippen LogP contribution < -0.4 is 0 Å². The van der Waals surface area contributed by atoms with Crippen LogP contribution >= 0.6 is 23.2 Å². The molecule has 78 valence electrons. The van der Waals surface area contributed by atoms with Gasteiger partial charge in [0.15, 0.2) is 0 Å². The molecule has 1 heterocycles. The van der Waals surface area contributed by atoms with Gasteiger partial charge in [-0.05, 0) is 24.1 Å². The van der Waals surface area contributed by atoms with Crippen molar-refractivity contribution >= 4 is 23.2 Å². The van der Waals surface area contributed by atoms with E-state index in [2.05, 4.69) is 12.0 Å². The zero-order valence-electron chi connectivity index (χ0n) is 8.24. The van der Waals surface area contributed by atoms with Gasteiger partial charge in [-0.2, -0.15) is 5.10 Å². The third-order valence-corrected chi connectivity index (χ3v) is 3.03. The summed E-state index contributed by atoms with van der Waals surface area (Å²) in [7, 11) is 0. The van der Waals surface area contributed by atoms with Gasteiger partial charge in [-0.15, -0.1) is 0 Å². The molecule has 0 radical (unpaired) electrons. The fraction of sp³-hybridized carbons (Fsp3) is 0.182. The zero-order valence-corrected chi connectivity index (χ0v) is 9.76. The minimum atomic E-state index is 0.532. The van der Waals surface area contributed by atoms with Gasteiger partial charge in [0.25, 0.3) is 0 Å². The Hall–Kier alpha value is -0.990. The van der Waals surface area contributed by atoms with Crippen molar-refractivity contribution < 1.29 is 0 Å². The third-order valence-electron chi connectivity index (χ3n) is 2.22. The van der Waals surface area contributed by atoms with Crippen molar-refractivity contribution in [3.63, 3.8) is 0 Å². The van der Waals surface area contributed by atoms with Crippen molar-refractivity contribution in [3.8, 4) is 5.69 Å². The van der Waals surface area contributed by atoms with Crippen LogP contribution in [0.1, 0.15) is 12.5 Å². The number of aromatic nitrogens is 2. The Morgan fingerprint density at radius 3 is 2.80 bits per heavy atom. The smallest absolute Gasteiger partial charge is 0.0849 e. The summed E-state index contributed by atoms with van der Waals surface area (Å²) in [5, 5.41) is 5.31. The van der Waals surface area contributed by atoms with Crippen LogP contribution in [-0.4, -0.2) is 9.78 Å². The van der Waals surface area contributed by atoms with E-state index < -0.39 is 0 Å². The van der Waals surface area contributed by atoms with Crippen molar-refractivity contribution in [2.45, 2.75) is 13.3 Å². The van der Waals surface area contributed by atoms with Crippen LogP contribution in [0.25, 0.3) is 5.69 Å². The summed E-state index contributed by atoms with van der Waals surface area (Å²) in [5.74, 6) is 0. The van der Waals surface area contributed by atoms with E-state index in [9.17, 15) is 0 Å². The highest BCUT2D eigenvalue weighted by molar-refractivity contribution is 6.43. The fourth-order valence-corrected chi connectivity index (χ4v) is 1.73. The highest BCUT2D eigenvalue weighted by atomic mass is 35.5. The molecule has 0 saturated heterocycles. The minimum absolute atomic E-state index is 0.532. The number of nitrogens with zero attached hydrogens (tertiary/aromatic N) is 2. The van der Waals surface area contributed by atoms with Crippen molar-refractivity contribution in [1.29, 1.82) is 0 Å². The Morgan fingerprint density at radius 1 is 1.33 bits per heavy atom. The van der Waals surface area contributed by atoms with Crippen molar-refractivity contribution in [1.82, 2.24) is 9.78 Å². The molecule has 4 heteroatoms. The average Bonchev–Trinajstić information content (AvgIpc) is 2.70. The molecule has 0 bridgehead atoms. The van der Waals surface area contributed by atoms with E-state index in [1.54, 1.807) is 10.7 Å². The molecule has 0 saturated carbocycles. The van der Waals surface area contributed by atoms with E-state index in [4.69, 9.17) is 23.2 Å². The molecule has 0 aliphatic rings. The van der Waals surface area contributed by atoms with E-state index >= 15 is 0 Å². The molecule has 0 N–H and O–H groups in total. The van der Waals surface area contributed by atoms with Gasteiger partial charge in [0, 0.05) is 6.20 Å². The van der Waals surface area contributed by atoms with Gasteiger partial charge >= 0.3 is 0 Å². The average molecular weight is 241 g/mol. The van der Waals surface area contributed by atoms with Gasteiger partial charge in [0.05, 0.1) is 21.9 Å². The third kappa shape index (κ3) is 2.01. The fourth-order valence-electron chi connectivity index (χ4n) is 1.34. The van der Waals surface area contributed by atoms with Crippen molar-refractivity contribution in [3.05, 3.63) is 46.2 Å². The summed E-state index contributed by atoms with van der Waals surface area (Å²) in [6.45, 7) is 2.08. The van der Waals surface area contributed by atoms with E-state index in [0.717, 1.165) is 12.1 Å². The molecular weight excluding hydrogens is 231 g/mol. The summed E-state index contributed by atoms with van der Waals surface area (Å²) in [6, 6.07) is 5.51. The summed E-state index contributed by atoms with van der Waals surface area (Å²) < 4.78 is 1.74. The Balaban J connectivity index is 2.49. The monoisotopic (exact) mass is 240 g/mol. The van der Waals surface area contributed by atoms with Crippen molar-refractivity contribution in [2.75, 3.05) is 0 Å². The first-order chi connectivity index (χ1) is 7.22. The molecule has 0 spiro atoms. The Bertz CT molecular complexity index is 477. The summed E-state index contributed by atoms with van der Waals surface area (Å²) in [5.41, 5.74) is 1.98. The second-order valence-corrected chi connectivity index (χ2v) is 4.00. The molecule has 2 nitrogen and oxygen atoms in total. The molecule has 2 aromatic rings. The van der Waals surface area contributed by atoms with Crippen LogP contribution in [0.2, 0.25) is 10.0 Å². The standard InChI is InChI=1S/C11H10Cl2N2/c1-2-8-6-14-15(7-8)10-5-3-4-9(12)11(10)13/h3-7H,2H2,1H3. The molecule has 0 atom stereocenters. The number of hydrogen-bond acceptors (Lipinski definition) is 1. The van der Waals surface area contributed by atoms with Crippen LogP contribution in [0.4, 0.5) is 0 Å². The van der Waals surface area contributed by atoms with Crippen LogP contribution in [-0.2, 0) is 6.42 Å². The highest BCUT2D eigenvalue weighted by Crippen LogP contribution is 2.28. The molecule has 15 heavy (non-hydrogen) atoms. The van der Waals surface area contributed by atoms with Crippen LogP contribution in [0.15, 0.2) is 30.6 Å². The SMILES string of the molecule is CCc1cnn(-c2cccc(Cl)c2Cl)c1. The topological polar surface area (TPSA) is 17.8 Å². The largest absolute Gasteiger partial charge is 0.239 e. The number of rotatable bonds is 2. The van der Waals surface area contributed by atoms with Gasteiger partial charge in [-0.1, -0.05) is 36.2 Å². The second-order valence-electron chi connectivity index (χ2n) is 3.22. The molecule has 1 aromatic carbocycles. The minimum Gasteiger partial charge on any atom is -0.239 e. The maximum atomic E-state index is 6.09. The maximum absolute atomic E-state index is 6.09. The first kappa shape index (κ1) is 10.5. The van der Waals surface area contributed by atoms with Gasteiger partial charge in [0.2, 0.25) is 0 Å². The van der Waals surface area contributed by atoms with Crippen molar-refractivity contribution in [2.24, 2.45) is 0 Å². The number of benzene rings is 1. The van der Waals surface area contributed by atoms with Gasteiger partial charge in [0.1, 0.15) is 0 Å². The molecule has 0 aliphatic carbocycles. The molecule has 2 rings (SSSR count). The van der Waals surface area contributed by atoms with Gasteiger partial charge in [-0.25, -0.2) is 4.68 Å². The maximum Gasteiger partial charge on any atom is 0.0849 e. The molecule has 0 aliphatic heterocycles. The van der Waals surface area contributed by atoms with Crippen LogP contribution in [0, 0.1) is 0 Å². The lowest BCUT2D eigenvalue weighted by atomic mass is 10.3. The van der Waals surface area contributed by atoms with Crippen LogP contribution in [0.5, 0.6) is 0 Å². The lowest BCUT2D eigenvalue weighted by Gasteiger charge is -2.04. The van der Waals surface area contributed by atoms with E-state index in [-0.39, 0.29) is 0 Å². The van der Waals surface area contributed by atoms with Crippen LogP contribution in [0.3, 0.4) is 0 Å². The second kappa shape index (κ2) is 4.25. The summed E-state index contributed by atoms with van der Waals surface area (Å²) in [4.78, 5) is 0. The Kier molecular flexibility index (Phi) is 2.98. The van der Waals surface area contributed by atoms with E-state index in [1.807, 2.05) is 24.5 Å². The molecule has 0 amide bonds. The summed E-state index contributed by atoms with van der Waals surface area (Å²) >= 11 is 12.0. The zero-order chi connectivity index (χ0) is 10.8. The normalized spacial score (nSPS) is 10.6. The van der Waals surface area contributed by atoms with Gasteiger partial charge < -0.3 is 0 Å². The number of aryl methyl sites for hydroxylation is 1. The number of halogens is 2. The molecule has 1 aromatic heterocycles.